The van der Waals surface area contributed by atoms with Crippen LogP contribution in [0.5, 0.6) is 11.5 Å². The minimum atomic E-state index is -5.20. The topological polar surface area (TPSA) is 94.8 Å². The molecule has 3 rings (SSSR count). The number of aromatic hydroxyl groups is 2. The second-order valence-corrected chi connectivity index (χ2v) is 9.28. The van der Waals surface area contributed by atoms with Crippen LogP contribution in [0.15, 0.2) is 54.6 Å². The Morgan fingerprint density at radius 3 is 1.83 bits per heavy atom. The number of benzene rings is 3. The van der Waals surface area contributed by atoms with E-state index in [4.69, 9.17) is 46.4 Å². The molecule has 0 amide bonds. The Morgan fingerprint density at radius 1 is 0.759 bits per heavy atom. The summed E-state index contributed by atoms with van der Waals surface area (Å²) >= 11 is 24.6. The fourth-order valence-electron chi connectivity index (χ4n) is 3.27. The lowest BCUT2D eigenvalue weighted by molar-refractivity contribution is 0.416. The van der Waals surface area contributed by atoms with Crippen molar-refractivity contribution in [1.29, 1.82) is 0 Å². The van der Waals surface area contributed by atoms with Crippen molar-refractivity contribution >= 4 is 56.5 Å². The minimum Gasteiger partial charge on any atom is -0.507 e. The van der Waals surface area contributed by atoms with Crippen molar-refractivity contribution in [1.82, 2.24) is 0 Å². The molecule has 0 saturated heterocycles. The highest BCUT2D eigenvalue weighted by molar-refractivity contribution is 7.87. The molecule has 3 N–H and O–H groups in total. The Hall–Kier alpha value is -1.67. The fraction of sp³-hybridized carbons (Fsp3) is 0.0526. The fourth-order valence-corrected chi connectivity index (χ4v) is 6.02. The summed E-state index contributed by atoms with van der Waals surface area (Å²) in [6.07, 6.45) is 0. The molecule has 1 atom stereocenters. The third-order valence-corrected chi connectivity index (χ3v) is 6.92. The predicted octanol–water partition coefficient (Wildman–Crippen LogP) is 5.89. The molecule has 0 aliphatic carbocycles. The monoisotopic (exact) mass is 492 g/mol. The van der Waals surface area contributed by atoms with E-state index in [1.54, 1.807) is 6.07 Å². The number of phenolic OH excluding ortho intramolecular Hbond substituents is 2. The minimum absolute atomic E-state index is 0.0542. The van der Waals surface area contributed by atoms with E-state index in [0.717, 1.165) is 6.07 Å². The summed E-state index contributed by atoms with van der Waals surface area (Å²) in [7, 11) is -5.20. The number of phenols is 2. The van der Waals surface area contributed by atoms with Gasteiger partial charge in [-0.25, -0.2) is 0 Å². The van der Waals surface area contributed by atoms with E-state index in [1.807, 2.05) is 0 Å². The van der Waals surface area contributed by atoms with Gasteiger partial charge in [-0.2, -0.15) is 8.42 Å². The maximum absolute atomic E-state index is 13.0. The summed E-state index contributed by atoms with van der Waals surface area (Å²) in [5, 5.41) is 20.6. The standard InChI is InChI=1S/C19H12Cl4O5S/c20-11-8-13(22)16(14(23)9-11)19(29(26,27)28,10-4-2-1-3-5-10)17-15(24)7-6-12(21)18(17)25/h1-9,24-25H,(H,26,27,28). The molecule has 3 aromatic carbocycles. The molecule has 0 heterocycles. The molecule has 0 aliphatic rings. The third kappa shape index (κ3) is 3.54. The third-order valence-electron chi connectivity index (χ3n) is 4.38. The Morgan fingerprint density at radius 2 is 1.31 bits per heavy atom. The summed E-state index contributed by atoms with van der Waals surface area (Å²) in [5.41, 5.74) is -0.974. The van der Waals surface area contributed by atoms with Gasteiger partial charge >= 0.3 is 0 Å². The zero-order valence-electron chi connectivity index (χ0n) is 14.3. The van der Waals surface area contributed by atoms with Crippen LogP contribution in [-0.2, 0) is 14.9 Å². The maximum atomic E-state index is 13.0. The molecule has 0 fully saturated rings. The summed E-state index contributed by atoms with van der Waals surface area (Å²) in [6.45, 7) is 0. The van der Waals surface area contributed by atoms with Gasteiger partial charge in [0.1, 0.15) is 11.5 Å². The van der Waals surface area contributed by atoms with E-state index in [2.05, 4.69) is 0 Å². The number of rotatable bonds is 4. The molecule has 1 unspecified atom stereocenters. The Kier molecular flexibility index (Phi) is 5.98. The van der Waals surface area contributed by atoms with Crippen molar-refractivity contribution in [2.45, 2.75) is 4.75 Å². The molecule has 0 spiro atoms. The van der Waals surface area contributed by atoms with E-state index in [1.165, 1.54) is 42.5 Å². The first kappa shape index (κ1) is 22.0. The van der Waals surface area contributed by atoms with Crippen molar-refractivity contribution in [2.24, 2.45) is 0 Å². The number of hydrogen-bond donors (Lipinski definition) is 3. The lowest BCUT2D eigenvalue weighted by Gasteiger charge is -2.34. The van der Waals surface area contributed by atoms with Crippen molar-refractivity contribution < 1.29 is 23.2 Å². The highest BCUT2D eigenvalue weighted by atomic mass is 35.5. The molecular weight excluding hydrogens is 482 g/mol. The van der Waals surface area contributed by atoms with Crippen LogP contribution in [-0.4, -0.2) is 23.2 Å². The van der Waals surface area contributed by atoms with Gasteiger partial charge in [0.2, 0.25) is 0 Å². The first-order chi connectivity index (χ1) is 13.5. The number of hydrogen-bond acceptors (Lipinski definition) is 4. The molecule has 29 heavy (non-hydrogen) atoms. The average Bonchev–Trinajstić information content (AvgIpc) is 2.62. The highest BCUT2D eigenvalue weighted by Crippen LogP contribution is 2.55. The molecule has 0 aliphatic heterocycles. The summed E-state index contributed by atoms with van der Waals surface area (Å²) in [6, 6.07) is 12.1. The summed E-state index contributed by atoms with van der Waals surface area (Å²) in [5.74, 6) is -1.43. The van der Waals surface area contributed by atoms with Crippen LogP contribution in [0.25, 0.3) is 0 Å². The van der Waals surface area contributed by atoms with Crippen LogP contribution in [0.2, 0.25) is 20.1 Å². The Bertz CT molecular complexity index is 1180. The van der Waals surface area contributed by atoms with Crippen LogP contribution in [0.4, 0.5) is 0 Å². The van der Waals surface area contributed by atoms with Crippen LogP contribution < -0.4 is 0 Å². The van der Waals surface area contributed by atoms with Gasteiger partial charge in [-0.1, -0.05) is 76.7 Å². The Labute approximate surface area is 186 Å². The quantitative estimate of drug-likeness (QED) is 0.311. The second kappa shape index (κ2) is 7.87. The van der Waals surface area contributed by atoms with Gasteiger partial charge in [-0.05, 0) is 29.8 Å². The van der Waals surface area contributed by atoms with Crippen LogP contribution in [0.3, 0.4) is 0 Å². The normalized spacial score (nSPS) is 13.8. The lowest BCUT2D eigenvalue weighted by atomic mass is 9.82. The van der Waals surface area contributed by atoms with Crippen molar-refractivity contribution in [3.8, 4) is 11.5 Å². The van der Waals surface area contributed by atoms with Crippen molar-refractivity contribution in [2.75, 3.05) is 0 Å². The highest BCUT2D eigenvalue weighted by Gasteiger charge is 2.54. The van der Waals surface area contributed by atoms with Gasteiger partial charge in [-0.15, -0.1) is 0 Å². The molecule has 152 valence electrons. The molecule has 10 heteroatoms. The first-order valence-corrected chi connectivity index (χ1v) is 10.9. The molecule has 0 saturated carbocycles. The van der Waals surface area contributed by atoms with Gasteiger partial charge in [-0.3, -0.25) is 4.55 Å². The van der Waals surface area contributed by atoms with E-state index in [-0.39, 0.29) is 31.2 Å². The first-order valence-electron chi connectivity index (χ1n) is 7.90. The molecular formula is C19H12Cl4O5S. The molecule has 0 bridgehead atoms. The number of halogens is 4. The summed E-state index contributed by atoms with van der Waals surface area (Å²) in [4.78, 5) is 0. The van der Waals surface area contributed by atoms with E-state index in [9.17, 15) is 23.2 Å². The average molecular weight is 494 g/mol. The predicted molar refractivity (Wildman–Crippen MR) is 114 cm³/mol. The molecule has 5 nitrogen and oxygen atoms in total. The van der Waals surface area contributed by atoms with Gasteiger partial charge in [0.05, 0.1) is 10.6 Å². The van der Waals surface area contributed by atoms with Gasteiger partial charge < -0.3 is 10.2 Å². The Balaban J connectivity index is 2.69. The zero-order chi connectivity index (χ0) is 21.6. The van der Waals surface area contributed by atoms with Crippen LogP contribution >= 0.6 is 46.4 Å². The van der Waals surface area contributed by atoms with Crippen LogP contribution in [0, 0.1) is 0 Å². The van der Waals surface area contributed by atoms with E-state index in [0.29, 0.717) is 0 Å². The zero-order valence-corrected chi connectivity index (χ0v) is 18.1. The maximum Gasteiger partial charge on any atom is 0.283 e. The molecule has 3 aromatic rings. The van der Waals surface area contributed by atoms with Gasteiger partial charge in [0, 0.05) is 20.6 Å². The van der Waals surface area contributed by atoms with Gasteiger partial charge in [0.25, 0.3) is 10.1 Å². The smallest absolute Gasteiger partial charge is 0.283 e. The summed E-state index contributed by atoms with van der Waals surface area (Å²) < 4.78 is 33.9. The van der Waals surface area contributed by atoms with Crippen molar-refractivity contribution in [3.05, 3.63) is 91.4 Å². The van der Waals surface area contributed by atoms with Crippen LogP contribution in [0.1, 0.15) is 16.7 Å². The van der Waals surface area contributed by atoms with Crippen molar-refractivity contribution in [3.63, 3.8) is 0 Å². The van der Waals surface area contributed by atoms with E-state index < -0.39 is 31.9 Å². The van der Waals surface area contributed by atoms with Gasteiger partial charge in [0.15, 0.2) is 4.75 Å². The molecule has 0 aromatic heterocycles. The lowest BCUT2D eigenvalue weighted by Crippen LogP contribution is -2.39. The molecule has 0 radical (unpaired) electrons. The SMILES string of the molecule is O=S(=O)(O)C(c1ccccc1)(c1c(Cl)cc(Cl)cc1Cl)c1c(O)ccc(Cl)c1O. The van der Waals surface area contributed by atoms with E-state index >= 15 is 0 Å². The largest absolute Gasteiger partial charge is 0.507 e. The second-order valence-electron chi connectivity index (χ2n) is 6.06.